The lowest BCUT2D eigenvalue weighted by Crippen LogP contribution is -2.26. The third-order valence-electron chi connectivity index (χ3n) is 4.42. The Hall–Kier alpha value is -2.61. The van der Waals surface area contributed by atoms with Crippen molar-refractivity contribution in [2.45, 2.75) is 12.0 Å². The maximum absolute atomic E-state index is 13.3. The molecule has 0 saturated carbocycles. The van der Waals surface area contributed by atoms with Gasteiger partial charge in [-0.2, -0.15) is 13.9 Å². The van der Waals surface area contributed by atoms with Crippen molar-refractivity contribution in [2.24, 2.45) is 5.10 Å². The van der Waals surface area contributed by atoms with E-state index in [2.05, 4.69) is 5.10 Å². The van der Waals surface area contributed by atoms with Crippen molar-refractivity contribution >= 4 is 45.9 Å². The van der Waals surface area contributed by atoms with Crippen molar-refractivity contribution in [3.05, 3.63) is 99.5 Å². The van der Waals surface area contributed by atoms with Crippen LogP contribution < -0.4 is 4.74 Å². The van der Waals surface area contributed by atoms with Gasteiger partial charge >= 0.3 is 6.61 Å². The first-order chi connectivity index (χ1) is 14.9. The summed E-state index contributed by atoms with van der Waals surface area (Å²) in [6.45, 7) is -3.00. The van der Waals surface area contributed by atoms with Crippen molar-refractivity contribution in [3.8, 4) is 5.75 Å². The Morgan fingerprint density at radius 1 is 1.00 bits per heavy atom. The summed E-state index contributed by atoms with van der Waals surface area (Å²) in [6, 6.07) is 19.8. The van der Waals surface area contributed by atoms with Crippen LogP contribution in [0.2, 0.25) is 10.0 Å². The van der Waals surface area contributed by atoms with Crippen LogP contribution in [0.1, 0.15) is 26.9 Å². The van der Waals surface area contributed by atoms with Crippen LogP contribution in [0.3, 0.4) is 0 Å². The first-order valence-electron chi connectivity index (χ1n) is 9.06. The minimum absolute atomic E-state index is 0.0218. The second-order valence-electron chi connectivity index (χ2n) is 6.46. The van der Waals surface area contributed by atoms with Crippen molar-refractivity contribution in [2.75, 3.05) is 0 Å². The molecule has 1 unspecified atom stereocenters. The lowest BCUT2D eigenvalue weighted by atomic mass is 10.1. The molecule has 0 bridgehead atoms. The van der Waals surface area contributed by atoms with Gasteiger partial charge in [-0.25, -0.2) is 5.01 Å². The van der Waals surface area contributed by atoms with Crippen LogP contribution in [0.15, 0.2) is 77.9 Å². The topological polar surface area (TPSA) is 41.9 Å². The van der Waals surface area contributed by atoms with Crippen LogP contribution in [0, 0.1) is 0 Å². The molecule has 3 aromatic rings. The quantitative estimate of drug-likeness (QED) is 0.402. The van der Waals surface area contributed by atoms with E-state index in [0.717, 1.165) is 5.56 Å². The Labute approximate surface area is 191 Å². The summed E-state index contributed by atoms with van der Waals surface area (Å²) in [5, 5.41) is 6.56. The van der Waals surface area contributed by atoms with Gasteiger partial charge in [0.05, 0.1) is 0 Å². The van der Waals surface area contributed by atoms with Crippen LogP contribution in [-0.2, 0) is 0 Å². The molecule has 1 aliphatic heterocycles. The first-order valence-corrected chi connectivity index (χ1v) is 10.7. The fraction of sp³-hybridized carbons (Fsp3) is 0.0909. The van der Waals surface area contributed by atoms with Gasteiger partial charge in [0.1, 0.15) is 16.2 Å². The van der Waals surface area contributed by atoms with E-state index in [1.54, 1.807) is 60.7 Å². The molecule has 3 aromatic carbocycles. The highest BCUT2D eigenvalue weighted by molar-refractivity contribution is 8.14. The molecular weight excluding hydrogens is 465 g/mol. The molecule has 0 spiro atoms. The molecule has 0 radical (unpaired) electrons. The van der Waals surface area contributed by atoms with E-state index >= 15 is 0 Å². The molecule has 1 aliphatic rings. The number of carbonyl (C=O) groups excluding carboxylic acids is 1. The lowest BCUT2D eigenvalue weighted by molar-refractivity contribution is -0.0507. The van der Waals surface area contributed by atoms with E-state index in [0.29, 0.717) is 26.2 Å². The number of benzene rings is 3. The fourth-order valence-electron chi connectivity index (χ4n) is 3.04. The van der Waals surface area contributed by atoms with Crippen molar-refractivity contribution in [1.29, 1.82) is 0 Å². The maximum atomic E-state index is 13.3. The third kappa shape index (κ3) is 4.84. The van der Waals surface area contributed by atoms with Gasteiger partial charge in [0.2, 0.25) is 0 Å². The van der Waals surface area contributed by atoms with Crippen LogP contribution in [-0.4, -0.2) is 22.6 Å². The van der Waals surface area contributed by atoms with Gasteiger partial charge in [0.25, 0.3) is 5.91 Å². The van der Waals surface area contributed by atoms with Gasteiger partial charge < -0.3 is 4.74 Å². The van der Waals surface area contributed by atoms with Gasteiger partial charge in [-0.05, 0) is 36.4 Å². The Morgan fingerprint density at radius 3 is 2.45 bits per heavy atom. The summed E-state index contributed by atoms with van der Waals surface area (Å²) in [5.41, 5.74) is 1.47. The molecule has 1 atom stereocenters. The number of ether oxygens (including phenoxy) is 1. The molecule has 1 heterocycles. The number of hydrazone groups is 1. The molecule has 0 fully saturated rings. The standard InChI is InChI=1S/C22H14Cl2F2N2O2S/c23-15-10-8-13(9-11-15)19-27-28(20(29)14-4-3-5-16(24)12-14)21(31-19)17-6-1-2-7-18(17)30-22(25)26/h1-12,21-22H. The maximum Gasteiger partial charge on any atom is 0.387 e. The summed E-state index contributed by atoms with van der Waals surface area (Å²) in [5.74, 6) is -0.442. The highest BCUT2D eigenvalue weighted by atomic mass is 35.5. The monoisotopic (exact) mass is 478 g/mol. The number of rotatable bonds is 5. The summed E-state index contributed by atoms with van der Waals surface area (Å²) >= 11 is 13.3. The number of thioether (sulfide) groups is 1. The van der Waals surface area contributed by atoms with Crippen LogP contribution in [0.4, 0.5) is 8.78 Å². The Bertz CT molecular complexity index is 1140. The number of hydrogen-bond acceptors (Lipinski definition) is 4. The average Bonchev–Trinajstić information content (AvgIpc) is 3.19. The molecule has 0 aromatic heterocycles. The predicted molar refractivity (Wildman–Crippen MR) is 119 cm³/mol. The van der Waals surface area contributed by atoms with E-state index < -0.39 is 17.9 Å². The number of para-hydroxylation sites is 1. The molecule has 158 valence electrons. The van der Waals surface area contributed by atoms with E-state index in [-0.39, 0.29) is 5.75 Å². The molecule has 31 heavy (non-hydrogen) atoms. The molecule has 4 rings (SSSR count). The van der Waals surface area contributed by atoms with Crippen molar-refractivity contribution in [3.63, 3.8) is 0 Å². The van der Waals surface area contributed by atoms with Gasteiger partial charge in [0, 0.05) is 26.7 Å². The number of amides is 1. The van der Waals surface area contributed by atoms with Gasteiger partial charge in [-0.1, -0.05) is 71.4 Å². The number of nitrogens with zero attached hydrogens (tertiary/aromatic N) is 2. The zero-order chi connectivity index (χ0) is 22.0. The van der Waals surface area contributed by atoms with E-state index in [1.807, 2.05) is 0 Å². The number of alkyl halides is 2. The zero-order valence-corrected chi connectivity index (χ0v) is 18.0. The molecule has 0 aliphatic carbocycles. The summed E-state index contributed by atoms with van der Waals surface area (Å²) < 4.78 is 30.6. The largest absolute Gasteiger partial charge is 0.434 e. The first kappa shape index (κ1) is 21.6. The normalized spacial score (nSPS) is 15.8. The summed E-state index contributed by atoms with van der Waals surface area (Å²) in [6.07, 6.45) is 0. The fourth-order valence-corrected chi connectivity index (χ4v) is 4.54. The van der Waals surface area contributed by atoms with Crippen LogP contribution in [0.5, 0.6) is 5.75 Å². The Kier molecular flexibility index (Phi) is 6.46. The Morgan fingerprint density at radius 2 is 1.74 bits per heavy atom. The second kappa shape index (κ2) is 9.26. The summed E-state index contributed by atoms with van der Waals surface area (Å²) in [7, 11) is 0. The smallest absolute Gasteiger partial charge is 0.387 e. The van der Waals surface area contributed by atoms with Gasteiger partial charge in [0.15, 0.2) is 0 Å². The molecule has 0 N–H and O–H groups in total. The number of hydrogen-bond donors (Lipinski definition) is 0. The molecule has 4 nitrogen and oxygen atoms in total. The van der Waals surface area contributed by atoms with Crippen LogP contribution in [0.25, 0.3) is 0 Å². The van der Waals surface area contributed by atoms with Gasteiger partial charge in [-0.3, -0.25) is 4.79 Å². The zero-order valence-electron chi connectivity index (χ0n) is 15.7. The molecule has 1 amide bonds. The predicted octanol–water partition coefficient (Wildman–Crippen LogP) is 6.84. The van der Waals surface area contributed by atoms with Crippen LogP contribution >= 0.6 is 35.0 Å². The SMILES string of the molecule is O=C(c1cccc(Cl)c1)N1N=C(c2ccc(Cl)cc2)SC1c1ccccc1OC(F)F. The minimum Gasteiger partial charge on any atom is -0.434 e. The lowest BCUT2D eigenvalue weighted by Gasteiger charge is -2.23. The highest BCUT2D eigenvalue weighted by Gasteiger charge is 2.36. The molecular formula is C22H14Cl2F2N2O2S. The van der Waals surface area contributed by atoms with Crippen molar-refractivity contribution in [1.82, 2.24) is 5.01 Å². The Balaban J connectivity index is 1.76. The average molecular weight is 479 g/mol. The number of halogens is 4. The van der Waals surface area contributed by atoms with Crippen molar-refractivity contribution < 1.29 is 18.3 Å². The van der Waals surface area contributed by atoms with E-state index in [9.17, 15) is 13.6 Å². The van der Waals surface area contributed by atoms with Gasteiger partial charge in [-0.15, -0.1) is 0 Å². The third-order valence-corrected chi connectivity index (χ3v) is 6.12. The summed E-state index contributed by atoms with van der Waals surface area (Å²) in [4.78, 5) is 13.3. The van der Waals surface area contributed by atoms with E-state index in [4.69, 9.17) is 27.9 Å². The second-order valence-corrected chi connectivity index (χ2v) is 8.40. The number of carbonyl (C=O) groups is 1. The highest BCUT2D eigenvalue weighted by Crippen LogP contribution is 2.45. The molecule has 9 heteroatoms. The molecule has 0 saturated heterocycles. The van der Waals surface area contributed by atoms with E-state index in [1.165, 1.54) is 28.9 Å². The minimum atomic E-state index is -3.00.